The molecule has 0 saturated heterocycles. The summed E-state index contributed by atoms with van der Waals surface area (Å²) in [7, 11) is 0. The number of imidazole rings is 1. The van der Waals surface area contributed by atoms with Gasteiger partial charge >= 0.3 is 5.97 Å². The van der Waals surface area contributed by atoms with Crippen LogP contribution in [0.3, 0.4) is 0 Å². The van der Waals surface area contributed by atoms with Crippen molar-refractivity contribution in [1.82, 2.24) is 14.5 Å². The highest BCUT2D eigenvalue weighted by atomic mass is 35.5. The lowest BCUT2D eigenvalue weighted by Crippen LogP contribution is -2.26. The van der Waals surface area contributed by atoms with Crippen molar-refractivity contribution >= 4 is 28.7 Å². The van der Waals surface area contributed by atoms with E-state index in [0.29, 0.717) is 28.5 Å². The second-order valence-corrected chi connectivity index (χ2v) is 6.46. The van der Waals surface area contributed by atoms with Gasteiger partial charge in [0.1, 0.15) is 17.4 Å². The lowest BCUT2D eigenvalue weighted by Gasteiger charge is -2.21. The first-order chi connectivity index (χ1) is 9.81. The molecular weight excluding hydrogens is 290 g/mol. The normalized spacial score (nSPS) is 13.3. The minimum Gasteiger partial charge on any atom is -0.480 e. The molecule has 0 saturated carbocycles. The quantitative estimate of drug-likeness (QED) is 0.917. The van der Waals surface area contributed by atoms with Gasteiger partial charge in [0, 0.05) is 12.6 Å². The molecule has 0 aliphatic carbocycles. The SMILES string of the molecule is CC(C)Cc1nc2cc(Cl)cnc2n1C(C(=O)O)C(C)C. The third kappa shape index (κ3) is 3.18. The summed E-state index contributed by atoms with van der Waals surface area (Å²) in [5, 5.41) is 10.1. The fourth-order valence-corrected chi connectivity index (χ4v) is 2.65. The van der Waals surface area contributed by atoms with Crippen LogP contribution in [0.25, 0.3) is 11.2 Å². The molecular formula is C15H20ClN3O2. The van der Waals surface area contributed by atoms with Crippen LogP contribution in [0.15, 0.2) is 12.3 Å². The molecule has 0 spiro atoms. The highest BCUT2D eigenvalue weighted by Crippen LogP contribution is 2.28. The van der Waals surface area contributed by atoms with Crippen LogP contribution < -0.4 is 0 Å². The van der Waals surface area contributed by atoms with Crippen LogP contribution in [-0.2, 0) is 11.2 Å². The van der Waals surface area contributed by atoms with Crippen LogP contribution in [0.5, 0.6) is 0 Å². The largest absolute Gasteiger partial charge is 0.480 e. The molecule has 0 aliphatic heterocycles. The second-order valence-electron chi connectivity index (χ2n) is 6.02. The van der Waals surface area contributed by atoms with Crippen LogP contribution in [0, 0.1) is 11.8 Å². The summed E-state index contributed by atoms with van der Waals surface area (Å²) in [5.74, 6) is 0.183. The lowest BCUT2D eigenvalue weighted by molar-refractivity contribution is -0.142. The predicted molar refractivity (Wildman–Crippen MR) is 82.6 cm³/mol. The van der Waals surface area contributed by atoms with Gasteiger partial charge in [0.25, 0.3) is 0 Å². The van der Waals surface area contributed by atoms with Gasteiger partial charge in [-0.25, -0.2) is 14.8 Å². The first-order valence-electron chi connectivity index (χ1n) is 7.06. The van der Waals surface area contributed by atoms with Gasteiger partial charge in [-0.1, -0.05) is 39.3 Å². The van der Waals surface area contributed by atoms with Gasteiger partial charge in [0.2, 0.25) is 0 Å². The van der Waals surface area contributed by atoms with Crippen LogP contribution >= 0.6 is 11.6 Å². The van der Waals surface area contributed by atoms with Crippen molar-refractivity contribution in [1.29, 1.82) is 0 Å². The van der Waals surface area contributed by atoms with Crippen molar-refractivity contribution in [3.63, 3.8) is 0 Å². The Kier molecular flexibility index (Phi) is 4.52. The average Bonchev–Trinajstić information content (AvgIpc) is 2.65. The molecule has 0 aromatic carbocycles. The number of carboxylic acid groups (broad SMARTS) is 1. The number of hydrogen-bond donors (Lipinski definition) is 1. The maximum atomic E-state index is 11.7. The zero-order valence-electron chi connectivity index (χ0n) is 12.7. The minimum atomic E-state index is -0.869. The molecule has 6 heteroatoms. The molecule has 0 amide bonds. The fourth-order valence-electron chi connectivity index (χ4n) is 2.50. The zero-order valence-corrected chi connectivity index (χ0v) is 13.4. The average molecular weight is 310 g/mol. The van der Waals surface area contributed by atoms with E-state index in [1.54, 1.807) is 10.6 Å². The number of pyridine rings is 1. The highest BCUT2D eigenvalue weighted by molar-refractivity contribution is 6.31. The third-order valence-corrected chi connectivity index (χ3v) is 3.53. The molecule has 1 atom stereocenters. The van der Waals surface area contributed by atoms with E-state index in [1.165, 1.54) is 6.20 Å². The van der Waals surface area contributed by atoms with Gasteiger partial charge < -0.3 is 5.11 Å². The number of carboxylic acids is 1. The predicted octanol–water partition coefficient (Wildman–Crippen LogP) is 3.56. The molecule has 1 unspecified atom stereocenters. The van der Waals surface area contributed by atoms with Crippen molar-refractivity contribution in [2.24, 2.45) is 11.8 Å². The molecule has 2 heterocycles. The van der Waals surface area contributed by atoms with Gasteiger partial charge in [-0.05, 0) is 17.9 Å². The minimum absolute atomic E-state index is 0.0664. The van der Waals surface area contributed by atoms with E-state index >= 15 is 0 Å². The number of rotatable bonds is 5. The van der Waals surface area contributed by atoms with E-state index < -0.39 is 12.0 Å². The summed E-state index contributed by atoms with van der Waals surface area (Å²) in [4.78, 5) is 20.5. The Labute approximate surface area is 129 Å². The monoisotopic (exact) mass is 309 g/mol. The highest BCUT2D eigenvalue weighted by Gasteiger charge is 2.29. The molecule has 5 nitrogen and oxygen atoms in total. The fraction of sp³-hybridized carbons (Fsp3) is 0.533. The maximum Gasteiger partial charge on any atom is 0.327 e. The molecule has 2 rings (SSSR count). The van der Waals surface area contributed by atoms with Crippen molar-refractivity contribution in [2.75, 3.05) is 0 Å². The van der Waals surface area contributed by atoms with Crippen LogP contribution in [0.4, 0.5) is 0 Å². The smallest absolute Gasteiger partial charge is 0.327 e. The first kappa shape index (κ1) is 15.8. The van der Waals surface area contributed by atoms with Crippen LogP contribution in [0.1, 0.15) is 39.6 Å². The third-order valence-electron chi connectivity index (χ3n) is 3.32. The summed E-state index contributed by atoms with van der Waals surface area (Å²) >= 11 is 5.96. The van der Waals surface area contributed by atoms with E-state index in [1.807, 2.05) is 13.8 Å². The number of aliphatic carboxylic acids is 1. The number of carbonyl (C=O) groups is 1. The summed E-state index contributed by atoms with van der Waals surface area (Å²) in [5.41, 5.74) is 1.22. The van der Waals surface area contributed by atoms with Crippen molar-refractivity contribution < 1.29 is 9.90 Å². The molecule has 2 aromatic rings. The molecule has 2 aromatic heterocycles. The number of fused-ring (bicyclic) bond motifs is 1. The molecule has 0 bridgehead atoms. The molecule has 114 valence electrons. The number of nitrogens with zero attached hydrogens (tertiary/aromatic N) is 3. The van der Waals surface area contributed by atoms with E-state index in [-0.39, 0.29) is 5.92 Å². The van der Waals surface area contributed by atoms with Crippen LogP contribution in [-0.4, -0.2) is 25.6 Å². The number of halogens is 1. The summed E-state index contributed by atoms with van der Waals surface area (Å²) in [6.45, 7) is 7.93. The van der Waals surface area contributed by atoms with Gasteiger partial charge in [-0.15, -0.1) is 0 Å². The Morgan fingerprint density at radius 3 is 2.57 bits per heavy atom. The summed E-state index contributed by atoms with van der Waals surface area (Å²) in [6.07, 6.45) is 2.23. The van der Waals surface area contributed by atoms with Crippen molar-refractivity contribution in [3.8, 4) is 0 Å². The Balaban J connectivity index is 2.69. The molecule has 1 N–H and O–H groups in total. The number of aromatic nitrogens is 3. The molecule has 0 radical (unpaired) electrons. The Morgan fingerprint density at radius 2 is 2.05 bits per heavy atom. The zero-order chi connectivity index (χ0) is 15.7. The Bertz CT molecular complexity index is 664. The van der Waals surface area contributed by atoms with E-state index in [0.717, 1.165) is 5.82 Å². The standard InChI is InChI=1S/C15H20ClN3O2/c1-8(2)5-12-18-11-6-10(16)7-17-14(11)19(12)13(9(3)4)15(20)21/h6-9,13H,5H2,1-4H3,(H,20,21). The first-order valence-corrected chi connectivity index (χ1v) is 7.44. The van der Waals surface area contributed by atoms with Crippen LogP contribution in [0.2, 0.25) is 5.02 Å². The maximum absolute atomic E-state index is 11.7. The Morgan fingerprint density at radius 1 is 1.38 bits per heavy atom. The second kappa shape index (κ2) is 6.02. The Hall–Kier alpha value is -1.62. The molecule has 0 fully saturated rings. The number of hydrogen-bond acceptors (Lipinski definition) is 3. The van der Waals surface area contributed by atoms with E-state index in [4.69, 9.17) is 11.6 Å². The van der Waals surface area contributed by atoms with Gasteiger partial charge in [0.05, 0.1) is 5.02 Å². The molecule has 0 aliphatic rings. The summed E-state index contributed by atoms with van der Waals surface area (Å²) < 4.78 is 1.75. The van der Waals surface area contributed by atoms with Crippen molar-refractivity contribution in [2.45, 2.75) is 40.2 Å². The van der Waals surface area contributed by atoms with Gasteiger partial charge in [-0.2, -0.15) is 0 Å². The van der Waals surface area contributed by atoms with E-state index in [9.17, 15) is 9.90 Å². The van der Waals surface area contributed by atoms with Crippen molar-refractivity contribution in [3.05, 3.63) is 23.1 Å². The molecule has 21 heavy (non-hydrogen) atoms. The van der Waals surface area contributed by atoms with E-state index in [2.05, 4.69) is 23.8 Å². The lowest BCUT2D eigenvalue weighted by atomic mass is 10.0. The van der Waals surface area contributed by atoms with Gasteiger partial charge in [-0.3, -0.25) is 4.57 Å². The van der Waals surface area contributed by atoms with Gasteiger partial charge in [0.15, 0.2) is 5.65 Å². The topological polar surface area (TPSA) is 68.0 Å². The summed E-state index contributed by atoms with van der Waals surface area (Å²) in [6, 6.07) is 1.04.